The largest absolute Gasteiger partial charge is 0.495 e. The van der Waals surface area contributed by atoms with Gasteiger partial charge >= 0.3 is 0 Å². The predicted molar refractivity (Wildman–Crippen MR) is 119 cm³/mol. The minimum absolute atomic E-state index is 0.0585. The number of anilines is 2. The maximum absolute atomic E-state index is 12.9. The van der Waals surface area contributed by atoms with Crippen LogP contribution in [0.4, 0.5) is 11.4 Å². The monoisotopic (exact) mass is 476 g/mol. The molecular weight excluding hydrogens is 452 g/mol. The molecule has 0 spiro atoms. The predicted octanol–water partition coefficient (Wildman–Crippen LogP) is 4.63. The number of halogens is 1. The first-order valence-electron chi connectivity index (χ1n) is 9.78. The second-order valence-corrected chi connectivity index (χ2v) is 7.62. The fraction of sp³-hybridized carbons (Fsp3) is 0.364. The average Bonchev–Trinajstić information content (AvgIpc) is 2.75. The van der Waals surface area contributed by atoms with Gasteiger partial charge in [0.05, 0.1) is 31.0 Å². The third-order valence-corrected chi connectivity index (χ3v) is 5.42. The molecule has 2 amide bonds. The maximum atomic E-state index is 12.9. The van der Waals surface area contributed by atoms with Crippen molar-refractivity contribution >= 4 is 39.1 Å². The maximum Gasteiger partial charge on any atom is 0.255 e. The van der Waals surface area contributed by atoms with Gasteiger partial charge in [-0.1, -0.05) is 0 Å². The molecule has 30 heavy (non-hydrogen) atoms. The topological polar surface area (TPSA) is 77.1 Å². The molecule has 1 aliphatic rings. The van der Waals surface area contributed by atoms with Gasteiger partial charge in [0.1, 0.15) is 5.75 Å². The number of piperidine rings is 1. The zero-order valence-corrected chi connectivity index (χ0v) is 18.9. The average molecular weight is 477 g/mol. The molecule has 1 heterocycles. The van der Waals surface area contributed by atoms with Crippen molar-refractivity contribution in [1.29, 1.82) is 0 Å². The van der Waals surface area contributed by atoms with Crippen molar-refractivity contribution in [3.05, 3.63) is 40.4 Å². The molecule has 8 heteroatoms. The van der Waals surface area contributed by atoms with E-state index >= 15 is 0 Å². The zero-order valence-electron chi connectivity index (χ0n) is 17.3. The van der Waals surface area contributed by atoms with Crippen LogP contribution in [0.5, 0.6) is 17.2 Å². The molecule has 7 nitrogen and oxygen atoms in total. The fourth-order valence-corrected chi connectivity index (χ4v) is 3.93. The normalized spacial score (nSPS) is 13.7. The van der Waals surface area contributed by atoms with E-state index in [9.17, 15) is 9.59 Å². The van der Waals surface area contributed by atoms with Gasteiger partial charge in [-0.3, -0.25) is 9.59 Å². The quantitative estimate of drug-likeness (QED) is 0.629. The number of benzene rings is 2. The third kappa shape index (κ3) is 4.70. The second-order valence-electron chi connectivity index (χ2n) is 6.77. The Morgan fingerprint density at radius 1 is 1.13 bits per heavy atom. The number of hydrogen-bond acceptors (Lipinski definition) is 5. The summed E-state index contributed by atoms with van der Waals surface area (Å²) in [6.07, 6.45) is 2.34. The van der Waals surface area contributed by atoms with E-state index in [0.717, 1.165) is 12.8 Å². The van der Waals surface area contributed by atoms with Crippen molar-refractivity contribution in [2.24, 2.45) is 0 Å². The van der Waals surface area contributed by atoms with E-state index < -0.39 is 0 Å². The van der Waals surface area contributed by atoms with Crippen LogP contribution in [0.15, 0.2) is 34.8 Å². The van der Waals surface area contributed by atoms with E-state index in [-0.39, 0.29) is 11.8 Å². The molecule has 0 saturated carbocycles. The highest BCUT2D eigenvalue weighted by molar-refractivity contribution is 9.10. The minimum Gasteiger partial charge on any atom is -0.495 e. The molecule has 2 aromatic carbocycles. The van der Waals surface area contributed by atoms with Crippen molar-refractivity contribution in [3.8, 4) is 17.2 Å². The number of methoxy groups -OCH3 is 2. The lowest BCUT2D eigenvalue weighted by molar-refractivity contribution is -0.119. The van der Waals surface area contributed by atoms with Gasteiger partial charge in [0, 0.05) is 24.2 Å². The molecule has 2 aromatic rings. The highest BCUT2D eigenvalue weighted by atomic mass is 79.9. The molecule has 1 N–H and O–H groups in total. The SMILES string of the molecule is CCOc1c(Br)cc(C(=O)Nc2ccc(OC)c(N3CCCCC3=O)c2)cc1OC. The molecule has 1 saturated heterocycles. The van der Waals surface area contributed by atoms with Gasteiger partial charge in [-0.25, -0.2) is 0 Å². The van der Waals surface area contributed by atoms with Crippen molar-refractivity contribution in [2.75, 3.05) is 37.6 Å². The number of carbonyl (C=O) groups is 2. The number of amides is 2. The Kier molecular flexibility index (Phi) is 7.20. The number of nitrogens with one attached hydrogen (secondary N) is 1. The lowest BCUT2D eigenvalue weighted by atomic mass is 10.1. The van der Waals surface area contributed by atoms with Crippen LogP contribution < -0.4 is 24.4 Å². The third-order valence-electron chi connectivity index (χ3n) is 4.83. The molecule has 3 rings (SSSR count). The van der Waals surface area contributed by atoms with E-state index in [0.29, 0.717) is 58.2 Å². The van der Waals surface area contributed by atoms with Crippen LogP contribution in [-0.2, 0) is 4.79 Å². The van der Waals surface area contributed by atoms with Crippen LogP contribution in [0, 0.1) is 0 Å². The van der Waals surface area contributed by atoms with Crippen molar-refractivity contribution in [3.63, 3.8) is 0 Å². The number of nitrogens with zero attached hydrogens (tertiary/aromatic N) is 1. The lowest BCUT2D eigenvalue weighted by Crippen LogP contribution is -2.35. The molecule has 0 aromatic heterocycles. The Hall–Kier alpha value is -2.74. The van der Waals surface area contributed by atoms with E-state index in [1.165, 1.54) is 7.11 Å². The van der Waals surface area contributed by atoms with Gasteiger partial charge in [-0.2, -0.15) is 0 Å². The molecular formula is C22H25BrN2O5. The molecule has 1 fully saturated rings. The Morgan fingerprint density at radius 3 is 2.57 bits per heavy atom. The van der Waals surface area contributed by atoms with Gasteiger partial charge in [0.15, 0.2) is 11.5 Å². The highest BCUT2D eigenvalue weighted by Gasteiger charge is 2.23. The van der Waals surface area contributed by atoms with Gasteiger partial charge in [-0.05, 0) is 66.0 Å². The van der Waals surface area contributed by atoms with Crippen LogP contribution in [0.3, 0.4) is 0 Å². The Bertz CT molecular complexity index is 947. The molecule has 0 atom stereocenters. The van der Waals surface area contributed by atoms with Gasteiger partial charge < -0.3 is 24.4 Å². The zero-order chi connectivity index (χ0) is 21.7. The van der Waals surface area contributed by atoms with E-state index in [1.54, 1.807) is 42.3 Å². The van der Waals surface area contributed by atoms with Gasteiger partial charge in [0.25, 0.3) is 5.91 Å². The molecule has 1 aliphatic heterocycles. The summed E-state index contributed by atoms with van der Waals surface area (Å²) in [5.74, 6) is 1.35. The van der Waals surface area contributed by atoms with Crippen molar-refractivity contribution < 1.29 is 23.8 Å². The molecule has 0 radical (unpaired) electrons. The first-order valence-corrected chi connectivity index (χ1v) is 10.6. The highest BCUT2D eigenvalue weighted by Crippen LogP contribution is 2.37. The molecule has 0 bridgehead atoms. The van der Waals surface area contributed by atoms with Crippen molar-refractivity contribution in [2.45, 2.75) is 26.2 Å². The Labute approximate surface area is 184 Å². The summed E-state index contributed by atoms with van der Waals surface area (Å²) in [5.41, 5.74) is 1.64. The number of ether oxygens (including phenoxy) is 3. The summed E-state index contributed by atoms with van der Waals surface area (Å²) in [5, 5.41) is 2.88. The first-order chi connectivity index (χ1) is 14.5. The standard InChI is InChI=1S/C22H25BrN2O5/c1-4-30-21-16(23)11-14(12-19(21)29-3)22(27)24-15-8-9-18(28-2)17(13-15)25-10-6-5-7-20(25)26/h8-9,11-13H,4-7,10H2,1-3H3,(H,24,27). The van der Waals surface area contributed by atoms with E-state index in [2.05, 4.69) is 21.2 Å². The summed E-state index contributed by atoms with van der Waals surface area (Å²) in [6.45, 7) is 2.99. The summed E-state index contributed by atoms with van der Waals surface area (Å²) < 4.78 is 17.0. The molecule has 0 aliphatic carbocycles. The Balaban J connectivity index is 1.87. The number of rotatable bonds is 7. The minimum atomic E-state index is -0.307. The lowest BCUT2D eigenvalue weighted by Gasteiger charge is -2.28. The molecule has 0 unspecified atom stereocenters. The first kappa shape index (κ1) is 22.0. The van der Waals surface area contributed by atoms with Crippen molar-refractivity contribution in [1.82, 2.24) is 0 Å². The van der Waals surface area contributed by atoms with E-state index in [1.807, 2.05) is 6.92 Å². The summed E-state index contributed by atoms with van der Waals surface area (Å²) in [4.78, 5) is 26.9. The van der Waals surface area contributed by atoms with Gasteiger partial charge in [0.2, 0.25) is 5.91 Å². The fourth-order valence-electron chi connectivity index (χ4n) is 3.38. The summed E-state index contributed by atoms with van der Waals surface area (Å²) >= 11 is 3.44. The van der Waals surface area contributed by atoms with Crippen LogP contribution in [0.1, 0.15) is 36.5 Å². The summed E-state index contributed by atoms with van der Waals surface area (Å²) in [7, 11) is 3.09. The van der Waals surface area contributed by atoms with Crippen LogP contribution in [-0.4, -0.2) is 39.2 Å². The van der Waals surface area contributed by atoms with Crippen LogP contribution >= 0.6 is 15.9 Å². The summed E-state index contributed by atoms with van der Waals surface area (Å²) in [6, 6.07) is 8.57. The smallest absolute Gasteiger partial charge is 0.255 e. The van der Waals surface area contributed by atoms with Gasteiger partial charge in [-0.15, -0.1) is 0 Å². The van der Waals surface area contributed by atoms with Crippen LogP contribution in [0.25, 0.3) is 0 Å². The number of carbonyl (C=O) groups excluding carboxylic acids is 2. The Morgan fingerprint density at radius 2 is 1.90 bits per heavy atom. The van der Waals surface area contributed by atoms with E-state index in [4.69, 9.17) is 14.2 Å². The van der Waals surface area contributed by atoms with Crippen LogP contribution in [0.2, 0.25) is 0 Å². The molecule has 160 valence electrons. The second kappa shape index (κ2) is 9.84. The number of hydrogen-bond donors (Lipinski definition) is 1.